The lowest BCUT2D eigenvalue weighted by molar-refractivity contribution is -0.121. The van der Waals surface area contributed by atoms with Crippen molar-refractivity contribution in [2.24, 2.45) is 0 Å². The predicted molar refractivity (Wildman–Crippen MR) is 108 cm³/mol. The number of amides is 1. The summed E-state index contributed by atoms with van der Waals surface area (Å²) in [6, 6.07) is 9.55. The molecular weight excluding hydrogens is 387 g/mol. The predicted octanol–water partition coefficient (Wildman–Crippen LogP) is 3.85. The summed E-state index contributed by atoms with van der Waals surface area (Å²) in [6.45, 7) is 0.971. The number of nitrogens with two attached hydrogens (primary N) is 1. The minimum Gasteiger partial charge on any atom is -0.486 e. The largest absolute Gasteiger partial charge is 0.486 e. The smallest absolute Gasteiger partial charge is 0.224 e. The van der Waals surface area contributed by atoms with Gasteiger partial charge in [-0.1, -0.05) is 17.7 Å². The standard InChI is InChI=1S/C20H21ClN2O3.ClH/c21-16-8-12(9-18-20(16)26-7-6-25-18)10-19(24)23-17-3-1-2-13-11-14(22)4-5-15(13)17;/h4-5,8-9,11,17H,1-3,6-7,10,22H2,(H,23,24);1H. The maximum atomic E-state index is 12.6. The molecule has 4 rings (SSSR count). The Labute approximate surface area is 169 Å². The summed E-state index contributed by atoms with van der Waals surface area (Å²) < 4.78 is 11.1. The van der Waals surface area contributed by atoms with Gasteiger partial charge in [0, 0.05) is 5.69 Å². The second-order valence-electron chi connectivity index (χ2n) is 6.75. The molecule has 0 spiro atoms. The van der Waals surface area contributed by atoms with Crippen molar-refractivity contribution >= 4 is 35.6 Å². The summed E-state index contributed by atoms with van der Waals surface area (Å²) in [5.74, 6) is 1.12. The first-order valence-corrected chi connectivity index (χ1v) is 9.23. The molecule has 1 heterocycles. The zero-order chi connectivity index (χ0) is 18.1. The number of ether oxygens (including phenoxy) is 2. The van der Waals surface area contributed by atoms with Crippen LogP contribution in [0.4, 0.5) is 5.69 Å². The van der Waals surface area contributed by atoms with Crippen LogP contribution in [0.15, 0.2) is 30.3 Å². The van der Waals surface area contributed by atoms with Crippen molar-refractivity contribution in [3.05, 3.63) is 52.0 Å². The monoisotopic (exact) mass is 408 g/mol. The number of anilines is 1. The number of hydrogen-bond donors (Lipinski definition) is 2. The molecule has 0 radical (unpaired) electrons. The summed E-state index contributed by atoms with van der Waals surface area (Å²) in [5.41, 5.74) is 9.85. The summed E-state index contributed by atoms with van der Waals surface area (Å²) in [7, 11) is 0. The van der Waals surface area contributed by atoms with Crippen LogP contribution in [0.25, 0.3) is 0 Å². The molecule has 2 aliphatic rings. The van der Waals surface area contributed by atoms with E-state index in [-0.39, 0.29) is 30.8 Å². The van der Waals surface area contributed by atoms with Crippen molar-refractivity contribution in [3.63, 3.8) is 0 Å². The van der Waals surface area contributed by atoms with E-state index >= 15 is 0 Å². The Hall–Kier alpha value is -2.11. The maximum absolute atomic E-state index is 12.6. The van der Waals surface area contributed by atoms with Crippen molar-refractivity contribution in [3.8, 4) is 11.5 Å². The van der Waals surface area contributed by atoms with Gasteiger partial charge in [0.25, 0.3) is 0 Å². The van der Waals surface area contributed by atoms with Crippen LogP contribution in [-0.4, -0.2) is 19.1 Å². The summed E-state index contributed by atoms with van der Waals surface area (Å²) in [4.78, 5) is 12.6. The summed E-state index contributed by atoms with van der Waals surface area (Å²) in [5, 5.41) is 3.62. The van der Waals surface area contributed by atoms with Crippen LogP contribution in [0.2, 0.25) is 5.02 Å². The molecule has 27 heavy (non-hydrogen) atoms. The van der Waals surface area contributed by atoms with Gasteiger partial charge in [-0.25, -0.2) is 0 Å². The van der Waals surface area contributed by atoms with E-state index in [1.54, 1.807) is 6.07 Å². The van der Waals surface area contributed by atoms with E-state index < -0.39 is 0 Å². The first-order valence-electron chi connectivity index (χ1n) is 8.86. The number of carbonyl (C=O) groups is 1. The number of rotatable bonds is 3. The number of nitrogen functional groups attached to an aromatic ring is 1. The Bertz CT molecular complexity index is 857. The number of hydrogen-bond acceptors (Lipinski definition) is 4. The van der Waals surface area contributed by atoms with Gasteiger partial charge in [-0.3, -0.25) is 4.79 Å². The molecule has 0 aromatic heterocycles. The van der Waals surface area contributed by atoms with Crippen molar-refractivity contribution < 1.29 is 14.3 Å². The van der Waals surface area contributed by atoms with Crippen LogP contribution in [-0.2, 0) is 17.6 Å². The molecule has 0 bridgehead atoms. The molecule has 1 aliphatic heterocycles. The fourth-order valence-electron chi connectivity index (χ4n) is 3.68. The summed E-state index contributed by atoms with van der Waals surface area (Å²) >= 11 is 6.26. The highest BCUT2D eigenvalue weighted by Gasteiger charge is 2.23. The molecule has 7 heteroatoms. The van der Waals surface area contributed by atoms with E-state index in [0.717, 1.165) is 30.5 Å². The molecule has 2 aromatic carbocycles. The van der Waals surface area contributed by atoms with Gasteiger partial charge in [0.1, 0.15) is 13.2 Å². The molecule has 0 saturated carbocycles. The Morgan fingerprint density at radius 1 is 1.22 bits per heavy atom. The third-order valence-electron chi connectivity index (χ3n) is 4.84. The zero-order valence-electron chi connectivity index (χ0n) is 14.8. The normalized spacial score (nSPS) is 17.4. The lowest BCUT2D eigenvalue weighted by atomic mass is 9.87. The van der Waals surface area contributed by atoms with Gasteiger partial charge in [-0.15, -0.1) is 12.4 Å². The van der Waals surface area contributed by atoms with Crippen LogP contribution in [0.5, 0.6) is 11.5 Å². The average molecular weight is 409 g/mol. The number of fused-ring (bicyclic) bond motifs is 2. The van der Waals surface area contributed by atoms with Crippen LogP contribution in [0.3, 0.4) is 0 Å². The molecule has 0 fully saturated rings. The Balaban J connectivity index is 0.00000210. The second kappa shape index (κ2) is 8.28. The minimum absolute atomic E-state index is 0. The van der Waals surface area contributed by atoms with Crippen molar-refractivity contribution in [1.82, 2.24) is 5.32 Å². The van der Waals surface area contributed by atoms with Crippen molar-refractivity contribution in [2.45, 2.75) is 31.7 Å². The molecule has 5 nitrogen and oxygen atoms in total. The molecule has 1 atom stereocenters. The van der Waals surface area contributed by atoms with Crippen molar-refractivity contribution in [1.29, 1.82) is 0 Å². The summed E-state index contributed by atoms with van der Waals surface area (Å²) in [6.07, 6.45) is 3.23. The maximum Gasteiger partial charge on any atom is 0.224 e. The fourth-order valence-corrected chi connectivity index (χ4v) is 3.97. The quantitative estimate of drug-likeness (QED) is 0.756. The highest BCUT2D eigenvalue weighted by atomic mass is 35.5. The number of carbonyl (C=O) groups excluding carboxylic acids is 1. The van der Waals surface area contributed by atoms with Crippen LogP contribution >= 0.6 is 24.0 Å². The zero-order valence-corrected chi connectivity index (χ0v) is 16.4. The number of halogens is 2. The van der Waals surface area contributed by atoms with Gasteiger partial charge in [-0.2, -0.15) is 0 Å². The van der Waals surface area contributed by atoms with Crippen molar-refractivity contribution in [2.75, 3.05) is 18.9 Å². The van der Waals surface area contributed by atoms with Gasteiger partial charge in [-0.05, 0) is 60.2 Å². The molecule has 144 valence electrons. The van der Waals surface area contributed by atoms with Gasteiger partial charge in [0.2, 0.25) is 5.91 Å². The molecular formula is C20H22Cl2N2O3. The highest BCUT2D eigenvalue weighted by Crippen LogP contribution is 2.38. The second-order valence-corrected chi connectivity index (χ2v) is 7.16. The van der Waals surface area contributed by atoms with Gasteiger partial charge < -0.3 is 20.5 Å². The lowest BCUT2D eigenvalue weighted by Gasteiger charge is -2.27. The first kappa shape index (κ1) is 19.6. The topological polar surface area (TPSA) is 73.6 Å². The molecule has 1 unspecified atom stereocenters. The van der Waals surface area contributed by atoms with Crippen LogP contribution in [0.1, 0.15) is 35.6 Å². The van der Waals surface area contributed by atoms with E-state index in [1.165, 1.54) is 11.1 Å². The third-order valence-corrected chi connectivity index (χ3v) is 5.12. The average Bonchev–Trinajstić information content (AvgIpc) is 2.61. The highest BCUT2D eigenvalue weighted by molar-refractivity contribution is 6.32. The van der Waals surface area contributed by atoms with E-state index in [9.17, 15) is 4.79 Å². The number of nitrogens with one attached hydrogen (secondary N) is 1. The molecule has 1 amide bonds. The number of benzene rings is 2. The number of aryl methyl sites for hydroxylation is 1. The van der Waals surface area contributed by atoms with Gasteiger partial charge >= 0.3 is 0 Å². The Morgan fingerprint density at radius 3 is 2.89 bits per heavy atom. The molecule has 0 saturated heterocycles. The van der Waals surface area contributed by atoms with E-state index in [0.29, 0.717) is 29.7 Å². The molecule has 3 N–H and O–H groups in total. The van der Waals surface area contributed by atoms with Crippen LogP contribution in [0, 0.1) is 0 Å². The SMILES string of the molecule is Cl.Nc1ccc2c(c1)CCCC2NC(=O)Cc1cc(Cl)c2c(c1)OCCO2. The third kappa shape index (κ3) is 4.25. The van der Waals surface area contributed by atoms with Gasteiger partial charge in [0.15, 0.2) is 11.5 Å². The fraction of sp³-hybridized carbons (Fsp3) is 0.350. The van der Waals surface area contributed by atoms with E-state index in [1.807, 2.05) is 24.3 Å². The molecule has 1 aliphatic carbocycles. The van der Waals surface area contributed by atoms with Gasteiger partial charge in [0.05, 0.1) is 17.5 Å². The lowest BCUT2D eigenvalue weighted by Crippen LogP contribution is -2.32. The van der Waals surface area contributed by atoms with E-state index in [4.69, 9.17) is 26.8 Å². The first-order chi connectivity index (χ1) is 12.6. The van der Waals surface area contributed by atoms with E-state index in [2.05, 4.69) is 5.32 Å². The van der Waals surface area contributed by atoms with Crippen LogP contribution < -0.4 is 20.5 Å². The Morgan fingerprint density at radius 2 is 2.04 bits per heavy atom. The molecule has 2 aromatic rings. The Kier molecular flexibility index (Phi) is 6.02. The minimum atomic E-state index is -0.0348.